The molecule has 0 aliphatic carbocycles. The summed E-state index contributed by atoms with van der Waals surface area (Å²) in [6.07, 6.45) is 1.89. The largest absolute Gasteiger partial charge is 0.497 e. The number of ether oxygens (including phenoxy) is 2. The van der Waals surface area contributed by atoms with Crippen LogP contribution in [0.4, 0.5) is 9.52 Å². The van der Waals surface area contributed by atoms with Crippen LogP contribution in [0.3, 0.4) is 0 Å². The molecule has 1 atom stereocenters. The van der Waals surface area contributed by atoms with Crippen LogP contribution in [0.5, 0.6) is 5.75 Å². The van der Waals surface area contributed by atoms with Crippen molar-refractivity contribution in [3.8, 4) is 5.75 Å². The van der Waals surface area contributed by atoms with Crippen LogP contribution >= 0.6 is 23.1 Å². The first-order valence-electron chi connectivity index (χ1n) is 9.38. The highest BCUT2D eigenvalue weighted by Gasteiger charge is 2.26. The monoisotopic (exact) mass is 432 g/mol. The Morgan fingerprint density at radius 1 is 1.34 bits per heavy atom. The van der Waals surface area contributed by atoms with Crippen LogP contribution in [0.25, 0.3) is 10.2 Å². The highest BCUT2D eigenvalue weighted by Crippen LogP contribution is 2.32. The Bertz CT molecular complexity index is 987. The average Bonchev–Trinajstić information content (AvgIpc) is 3.41. The Balaban J connectivity index is 1.53. The topological polar surface area (TPSA) is 51.7 Å². The van der Waals surface area contributed by atoms with Gasteiger partial charge in [-0.2, -0.15) is 0 Å². The van der Waals surface area contributed by atoms with Gasteiger partial charge in [0.2, 0.25) is 5.91 Å². The fourth-order valence-corrected chi connectivity index (χ4v) is 4.97. The Kier molecular flexibility index (Phi) is 6.32. The van der Waals surface area contributed by atoms with Crippen LogP contribution in [0.1, 0.15) is 12.8 Å². The summed E-state index contributed by atoms with van der Waals surface area (Å²) in [4.78, 5) is 20.1. The maximum atomic E-state index is 14.1. The number of nitrogens with zero attached hydrogens (tertiary/aromatic N) is 2. The minimum atomic E-state index is -0.373. The molecule has 3 aromatic rings. The average molecular weight is 433 g/mol. The first kappa shape index (κ1) is 20.1. The fourth-order valence-electron chi connectivity index (χ4n) is 3.19. The zero-order valence-corrected chi connectivity index (χ0v) is 17.6. The molecular formula is C21H21FN2O3S2. The minimum absolute atomic E-state index is 0.0122. The molecule has 0 N–H and O–H groups in total. The highest BCUT2D eigenvalue weighted by atomic mass is 32.2. The van der Waals surface area contributed by atoms with Crippen LogP contribution in [0.2, 0.25) is 0 Å². The number of carbonyl (C=O) groups excluding carboxylic acids is 1. The summed E-state index contributed by atoms with van der Waals surface area (Å²) in [6.45, 7) is 1.14. The SMILES string of the molecule is COc1ccc(SCC(=O)N(CC2CCCO2)c2nc3c(F)cccc3s2)cc1. The van der Waals surface area contributed by atoms with E-state index in [0.717, 1.165) is 28.2 Å². The molecule has 0 bridgehead atoms. The Labute approximate surface area is 176 Å². The van der Waals surface area contributed by atoms with Gasteiger partial charge in [0.25, 0.3) is 0 Å². The van der Waals surface area contributed by atoms with Gasteiger partial charge in [-0.3, -0.25) is 9.69 Å². The third-order valence-corrected chi connectivity index (χ3v) is 6.76. The van der Waals surface area contributed by atoms with Crippen molar-refractivity contribution in [1.29, 1.82) is 0 Å². The second-order valence-corrected chi connectivity index (χ2v) is 8.74. The van der Waals surface area contributed by atoms with Gasteiger partial charge in [0.1, 0.15) is 17.1 Å². The summed E-state index contributed by atoms with van der Waals surface area (Å²) in [5, 5.41) is 0.515. The number of halogens is 1. The second-order valence-electron chi connectivity index (χ2n) is 6.69. The van der Waals surface area contributed by atoms with Crippen molar-refractivity contribution in [2.75, 3.05) is 30.9 Å². The number of aromatic nitrogens is 1. The molecule has 8 heteroatoms. The predicted molar refractivity (Wildman–Crippen MR) is 115 cm³/mol. The van der Waals surface area contributed by atoms with E-state index >= 15 is 0 Å². The quantitative estimate of drug-likeness (QED) is 0.505. The lowest BCUT2D eigenvalue weighted by molar-refractivity contribution is -0.116. The Morgan fingerprint density at radius 3 is 2.86 bits per heavy atom. The number of thiazole rings is 1. The lowest BCUT2D eigenvalue weighted by Crippen LogP contribution is -2.38. The molecule has 1 amide bonds. The summed E-state index contributed by atoms with van der Waals surface area (Å²) in [5.41, 5.74) is 0.306. The number of carbonyl (C=O) groups is 1. The van der Waals surface area contributed by atoms with E-state index in [0.29, 0.717) is 23.8 Å². The summed E-state index contributed by atoms with van der Waals surface area (Å²) in [5.74, 6) is 0.595. The normalized spacial score (nSPS) is 16.3. The Morgan fingerprint density at radius 2 is 2.17 bits per heavy atom. The van der Waals surface area contributed by atoms with Crippen LogP contribution in [-0.4, -0.2) is 43.0 Å². The summed E-state index contributed by atoms with van der Waals surface area (Å²) in [7, 11) is 1.62. The number of hydrogen-bond donors (Lipinski definition) is 0. The van der Waals surface area contributed by atoms with Crippen molar-refractivity contribution in [3.05, 3.63) is 48.3 Å². The van der Waals surface area contributed by atoms with Gasteiger partial charge in [-0.1, -0.05) is 17.4 Å². The van der Waals surface area contributed by atoms with E-state index in [9.17, 15) is 9.18 Å². The number of benzene rings is 2. The van der Waals surface area contributed by atoms with E-state index in [4.69, 9.17) is 9.47 Å². The van der Waals surface area contributed by atoms with Gasteiger partial charge in [0, 0.05) is 11.5 Å². The van der Waals surface area contributed by atoms with Crippen LogP contribution < -0.4 is 9.64 Å². The first-order valence-corrected chi connectivity index (χ1v) is 11.2. The summed E-state index contributed by atoms with van der Waals surface area (Å²) >= 11 is 2.78. The zero-order chi connectivity index (χ0) is 20.2. The fraction of sp³-hybridized carbons (Fsp3) is 0.333. The molecule has 5 nitrogen and oxygen atoms in total. The van der Waals surface area contributed by atoms with E-state index in [-0.39, 0.29) is 23.6 Å². The van der Waals surface area contributed by atoms with Gasteiger partial charge in [0.05, 0.1) is 30.2 Å². The third kappa shape index (κ3) is 4.71. The number of methoxy groups -OCH3 is 1. The van der Waals surface area contributed by atoms with Gasteiger partial charge in [-0.05, 0) is 49.2 Å². The number of rotatable bonds is 7. The van der Waals surface area contributed by atoms with E-state index in [1.807, 2.05) is 30.3 Å². The lowest BCUT2D eigenvalue weighted by atomic mass is 10.2. The van der Waals surface area contributed by atoms with Crippen molar-refractivity contribution < 1.29 is 18.7 Å². The molecule has 0 radical (unpaired) electrons. The van der Waals surface area contributed by atoms with E-state index in [2.05, 4.69) is 4.98 Å². The summed E-state index contributed by atoms with van der Waals surface area (Å²) in [6, 6.07) is 12.5. The molecule has 1 fully saturated rings. The van der Waals surface area contributed by atoms with Crippen LogP contribution in [-0.2, 0) is 9.53 Å². The smallest absolute Gasteiger partial charge is 0.239 e. The van der Waals surface area contributed by atoms with E-state index in [1.165, 1.54) is 29.2 Å². The third-order valence-electron chi connectivity index (χ3n) is 4.72. The predicted octanol–water partition coefficient (Wildman–Crippen LogP) is 4.75. The van der Waals surface area contributed by atoms with Gasteiger partial charge in [-0.15, -0.1) is 11.8 Å². The molecule has 0 spiro atoms. The van der Waals surface area contributed by atoms with Crippen molar-refractivity contribution in [2.45, 2.75) is 23.8 Å². The molecular weight excluding hydrogens is 411 g/mol. The number of para-hydroxylation sites is 1. The highest BCUT2D eigenvalue weighted by molar-refractivity contribution is 8.00. The first-order chi connectivity index (χ1) is 14.1. The van der Waals surface area contributed by atoms with Crippen molar-refractivity contribution in [2.24, 2.45) is 0 Å². The molecule has 4 rings (SSSR count). The second kappa shape index (κ2) is 9.11. The zero-order valence-electron chi connectivity index (χ0n) is 16.0. The molecule has 0 saturated carbocycles. The number of anilines is 1. The molecule has 1 aliphatic rings. The minimum Gasteiger partial charge on any atom is -0.497 e. The molecule has 152 valence electrons. The number of fused-ring (bicyclic) bond motifs is 1. The molecule has 1 saturated heterocycles. The maximum Gasteiger partial charge on any atom is 0.239 e. The number of thioether (sulfide) groups is 1. The lowest BCUT2D eigenvalue weighted by Gasteiger charge is -2.23. The molecule has 1 aliphatic heterocycles. The Hall–Kier alpha value is -2.16. The standard InChI is InChI=1S/C21H21FN2O3S2/c1-26-14-7-9-16(10-8-14)28-13-19(25)24(12-15-4-3-11-27-15)21-23-20-17(22)5-2-6-18(20)29-21/h2,5-10,15H,3-4,11-13H2,1H3. The van der Waals surface area contributed by atoms with Crippen LogP contribution in [0, 0.1) is 5.82 Å². The molecule has 1 aromatic heterocycles. The van der Waals surface area contributed by atoms with Crippen molar-refractivity contribution in [3.63, 3.8) is 0 Å². The van der Waals surface area contributed by atoms with E-state index < -0.39 is 0 Å². The van der Waals surface area contributed by atoms with Crippen molar-refractivity contribution in [1.82, 2.24) is 4.98 Å². The maximum absolute atomic E-state index is 14.1. The van der Waals surface area contributed by atoms with E-state index in [1.54, 1.807) is 18.1 Å². The summed E-state index contributed by atoms with van der Waals surface area (Å²) < 4.78 is 25.7. The molecule has 29 heavy (non-hydrogen) atoms. The number of hydrogen-bond acceptors (Lipinski definition) is 6. The van der Waals surface area contributed by atoms with Gasteiger partial charge in [-0.25, -0.2) is 9.37 Å². The molecule has 2 aromatic carbocycles. The van der Waals surface area contributed by atoms with Gasteiger partial charge >= 0.3 is 0 Å². The van der Waals surface area contributed by atoms with Crippen LogP contribution in [0.15, 0.2) is 47.4 Å². The van der Waals surface area contributed by atoms with Gasteiger partial charge in [0.15, 0.2) is 5.13 Å². The van der Waals surface area contributed by atoms with Gasteiger partial charge < -0.3 is 9.47 Å². The van der Waals surface area contributed by atoms with Crippen molar-refractivity contribution >= 4 is 44.4 Å². The molecule has 1 unspecified atom stereocenters. The molecule has 2 heterocycles. The number of amides is 1.